The number of aromatic nitrogens is 4. The Morgan fingerprint density at radius 1 is 1.21 bits per heavy atom. The van der Waals surface area contributed by atoms with Crippen molar-refractivity contribution in [2.45, 2.75) is 6.42 Å². The topological polar surface area (TPSA) is 105 Å². The highest BCUT2D eigenvalue weighted by molar-refractivity contribution is 5.74. The summed E-state index contributed by atoms with van der Waals surface area (Å²) in [6.45, 7) is 4.81. The average Bonchev–Trinajstić information content (AvgIpc) is 3.23. The number of benzene rings is 1. The number of anilines is 2. The lowest BCUT2D eigenvalue weighted by atomic mass is 10.0. The van der Waals surface area contributed by atoms with Crippen molar-refractivity contribution in [1.82, 2.24) is 19.6 Å². The molecule has 0 aliphatic heterocycles. The zero-order valence-electron chi connectivity index (χ0n) is 15.7. The van der Waals surface area contributed by atoms with E-state index in [1.165, 1.54) is 6.20 Å². The molecule has 0 saturated heterocycles. The number of para-hydroxylation sites is 1. The quantitative estimate of drug-likeness (QED) is 0.493. The van der Waals surface area contributed by atoms with E-state index in [1.54, 1.807) is 23.0 Å². The second kappa shape index (κ2) is 7.82. The summed E-state index contributed by atoms with van der Waals surface area (Å²) in [5.74, 6) is 0.797. The lowest BCUT2D eigenvalue weighted by molar-refractivity contribution is 0.924. The number of nitrogens with zero attached hydrogens (tertiary/aromatic N) is 5. The van der Waals surface area contributed by atoms with Crippen molar-refractivity contribution in [3.8, 4) is 17.3 Å². The van der Waals surface area contributed by atoms with Gasteiger partial charge < -0.3 is 11.1 Å². The predicted molar refractivity (Wildman–Crippen MR) is 114 cm³/mol. The maximum absolute atomic E-state index is 9.13. The van der Waals surface area contributed by atoms with Gasteiger partial charge in [0.1, 0.15) is 11.9 Å². The van der Waals surface area contributed by atoms with Crippen LogP contribution in [0.5, 0.6) is 0 Å². The first-order chi connectivity index (χ1) is 14.2. The first-order valence-corrected chi connectivity index (χ1v) is 9.12. The predicted octanol–water partition coefficient (Wildman–Crippen LogP) is 3.76. The van der Waals surface area contributed by atoms with Gasteiger partial charge in [-0.2, -0.15) is 14.9 Å². The maximum atomic E-state index is 9.13. The van der Waals surface area contributed by atoms with E-state index in [4.69, 9.17) is 11.0 Å². The monoisotopic (exact) mass is 381 g/mol. The van der Waals surface area contributed by atoms with Crippen LogP contribution in [0.3, 0.4) is 0 Å². The van der Waals surface area contributed by atoms with Gasteiger partial charge in [0, 0.05) is 47.9 Å². The normalized spacial score (nSPS) is 10.6. The molecule has 0 fully saturated rings. The molecular formula is C22H19N7. The first-order valence-electron chi connectivity index (χ1n) is 9.12. The molecule has 4 aromatic rings. The fourth-order valence-electron chi connectivity index (χ4n) is 3.12. The van der Waals surface area contributed by atoms with Crippen LogP contribution in [0.15, 0.2) is 67.6 Å². The fraction of sp³-hybridized carbons (Fsp3) is 0.0909. The molecule has 29 heavy (non-hydrogen) atoms. The highest BCUT2D eigenvalue weighted by atomic mass is 15.3. The molecule has 0 radical (unpaired) electrons. The van der Waals surface area contributed by atoms with Gasteiger partial charge in [-0.25, -0.2) is 4.98 Å². The summed E-state index contributed by atoms with van der Waals surface area (Å²) in [7, 11) is 0. The number of nitrogens with two attached hydrogens (primary N) is 1. The van der Waals surface area contributed by atoms with Crippen molar-refractivity contribution < 1.29 is 0 Å². The smallest absolute Gasteiger partial charge is 0.157 e. The number of rotatable bonds is 6. The largest absolute Gasteiger partial charge is 0.398 e. The van der Waals surface area contributed by atoms with Gasteiger partial charge in [-0.1, -0.05) is 24.8 Å². The van der Waals surface area contributed by atoms with Gasteiger partial charge in [0.15, 0.2) is 5.65 Å². The summed E-state index contributed by atoms with van der Waals surface area (Å²) in [4.78, 5) is 8.75. The molecule has 0 aliphatic carbocycles. The van der Waals surface area contributed by atoms with Crippen LogP contribution in [0.4, 0.5) is 11.5 Å². The van der Waals surface area contributed by atoms with Gasteiger partial charge >= 0.3 is 0 Å². The number of pyridine rings is 1. The molecule has 0 amide bonds. The molecule has 0 atom stereocenters. The second-order valence-corrected chi connectivity index (χ2v) is 6.57. The molecule has 3 aromatic heterocycles. The van der Waals surface area contributed by atoms with Crippen LogP contribution in [-0.2, 0) is 0 Å². The minimum Gasteiger partial charge on any atom is -0.398 e. The molecule has 0 aliphatic rings. The van der Waals surface area contributed by atoms with Crippen LogP contribution >= 0.6 is 0 Å². The van der Waals surface area contributed by atoms with Crippen LogP contribution in [0.25, 0.3) is 22.5 Å². The highest BCUT2D eigenvalue weighted by Crippen LogP contribution is 2.24. The fourth-order valence-corrected chi connectivity index (χ4v) is 3.12. The molecule has 1 aromatic carbocycles. The summed E-state index contributed by atoms with van der Waals surface area (Å²) in [6.07, 6.45) is 5.64. The van der Waals surface area contributed by atoms with Crippen LogP contribution in [0.2, 0.25) is 0 Å². The van der Waals surface area contributed by atoms with Crippen molar-refractivity contribution >= 4 is 22.7 Å². The van der Waals surface area contributed by atoms with Crippen molar-refractivity contribution in [2.24, 2.45) is 0 Å². The summed E-state index contributed by atoms with van der Waals surface area (Å²) in [5.41, 5.74) is 11.4. The molecule has 0 spiro atoms. The molecule has 0 bridgehead atoms. The van der Waals surface area contributed by atoms with E-state index in [-0.39, 0.29) is 0 Å². The van der Waals surface area contributed by atoms with E-state index >= 15 is 0 Å². The zero-order valence-corrected chi connectivity index (χ0v) is 15.7. The number of nitriles is 1. The van der Waals surface area contributed by atoms with Crippen LogP contribution in [0, 0.1) is 11.3 Å². The minimum atomic E-state index is 0.490. The molecule has 0 unspecified atom stereocenters. The molecule has 3 heterocycles. The van der Waals surface area contributed by atoms with E-state index in [1.807, 2.05) is 36.4 Å². The average molecular weight is 381 g/mol. The van der Waals surface area contributed by atoms with Gasteiger partial charge in [-0.3, -0.25) is 4.98 Å². The third-order valence-corrected chi connectivity index (χ3v) is 4.60. The Balaban J connectivity index is 1.57. The Labute approximate surface area is 168 Å². The van der Waals surface area contributed by atoms with Crippen LogP contribution in [0.1, 0.15) is 17.5 Å². The standard InChI is InChI=1S/C22H19N7/c1-15(18-4-2-3-5-19(18)24)6-8-26-22-11-20(28-21-7-9-27-29(21)22)17-10-16(12-23)13-25-14-17/h2-5,7,9-11,13-14,26H,1,6,8,24H2. The van der Waals surface area contributed by atoms with Gasteiger partial charge in [0.05, 0.1) is 17.5 Å². The van der Waals surface area contributed by atoms with Gasteiger partial charge in [-0.05, 0) is 24.1 Å². The third kappa shape index (κ3) is 3.77. The molecule has 142 valence electrons. The summed E-state index contributed by atoms with van der Waals surface area (Å²) in [6, 6.07) is 15.3. The minimum absolute atomic E-state index is 0.490. The maximum Gasteiger partial charge on any atom is 0.157 e. The third-order valence-electron chi connectivity index (χ3n) is 4.60. The lowest BCUT2D eigenvalue weighted by Gasteiger charge is -2.12. The SMILES string of the molecule is C=C(CCNc1cc(-c2cncc(C#N)c2)nc2ccnn12)c1ccccc1N. The van der Waals surface area contributed by atoms with E-state index < -0.39 is 0 Å². The Hall–Kier alpha value is -4.18. The number of hydrogen-bond donors (Lipinski definition) is 2. The van der Waals surface area contributed by atoms with Crippen LogP contribution in [-0.4, -0.2) is 26.1 Å². The number of nitrogens with one attached hydrogen (secondary N) is 1. The van der Waals surface area contributed by atoms with Gasteiger partial charge in [-0.15, -0.1) is 0 Å². The molecule has 7 heteroatoms. The van der Waals surface area contributed by atoms with Crippen molar-refractivity contribution in [3.63, 3.8) is 0 Å². The summed E-state index contributed by atoms with van der Waals surface area (Å²) in [5, 5.41) is 16.9. The van der Waals surface area contributed by atoms with E-state index in [2.05, 4.69) is 33.0 Å². The van der Waals surface area contributed by atoms with E-state index in [0.717, 1.165) is 40.3 Å². The van der Waals surface area contributed by atoms with E-state index in [0.29, 0.717) is 17.8 Å². The van der Waals surface area contributed by atoms with Gasteiger partial charge in [0.25, 0.3) is 0 Å². The molecule has 4 rings (SSSR count). The number of nitrogen functional groups attached to an aromatic ring is 1. The van der Waals surface area contributed by atoms with Crippen molar-refractivity contribution in [2.75, 3.05) is 17.6 Å². The Kier molecular flexibility index (Phi) is 4.91. The number of hydrogen-bond acceptors (Lipinski definition) is 6. The second-order valence-electron chi connectivity index (χ2n) is 6.57. The Morgan fingerprint density at radius 3 is 2.90 bits per heavy atom. The number of fused-ring (bicyclic) bond motifs is 1. The highest BCUT2D eigenvalue weighted by Gasteiger charge is 2.10. The van der Waals surface area contributed by atoms with E-state index in [9.17, 15) is 0 Å². The summed E-state index contributed by atoms with van der Waals surface area (Å²) < 4.78 is 1.74. The van der Waals surface area contributed by atoms with Crippen molar-refractivity contribution in [3.05, 3.63) is 78.8 Å². The van der Waals surface area contributed by atoms with Crippen LogP contribution < -0.4 is 11.1 Å². The van der Waals surface area contributed by atoms with Gasteiger partial charge in [0.2, 0.25) is 0 Å². The Morgan fingerprint density at radius 2 is 2.07 bits per heavy atom. The molecular weight excluding hydrogens is 362 g/mol. The summed E-state index contributed by atoms with van der Waals surface area (Å²) >= 11 is 0. The first kappa shape index (κ1) is 18.2. The Bertz CT molecular complexity index is 1230. The molecule has 3 N–H and O–H groups in total. The molecule has 0 saturated carbocycles. The zero-order chi connectivity index (χ0) is 20.2. The van der Waals surface area contributed by atoms with Crippen molar-refractivity contribution in [1.29, 1.82) is 5.26 Å². The molecule has 7 nitrogen and oxygen atoms in total. The lowest BCUT2D eigenvalue weighted by Crippen LogP contribution is -2.09.